The summed E-state index contributed by atoms with van der Waals surface area (Å²) in [6, 6.07) is 13.7. The van der Waals surface area contributed by atoms with Crippen LogP contribution in [-0.4, -0.2) is 25.3 Å². The van der Waals surface area contributed by atoms with Gasteiger partial charge in [0.25, 0.3) is 0 Å². The van der Waals surface area contributed by atoms with Gasteiger partial charge in [-0.3, -0.25) is 4.79 Å². The van der Waals surface area contributed by atoms with Crippen molar-refractivity contribution in [3.05, 3.63) is 64.7 Å². The molecule has 0 spiro atoms. The Balaban J connectivity index is 1.66. The van der Waals surface area contributed by atoms with E-state index >= 15 is 0 Å². The third kappa shape index (κ3) is 8.79. The molecular weight excluding hydrogens is 383 g/mol. The number of carbonyl (C=O) groups is 1. The Hall–Kier alpha value is -2.25. The van der Waals surface area contributed by atoms with E-state index in [9.17, 15) is 18.0 Å². The van der Waals surface area contributed by atoms with Crippen molar-refractivity contribution in [2.75, 3.05) is 13.2 Å². The van der Waals surface area contributed by atoms with E-state index in [4.69, 9.17) is 16.3 Å². The molecule has 2 aromatic rings. The Morgan fingerprint density at radius 1 is 1.07 bits per heavy atom. The van der Waals surface area contributed by atoms with Crippen LogP contribution >= 0.6 is 11.6 Å². The number of hydrogen-bond acceptors (Lipinski definition) is 3. The number of ether oxygens (including phenoxy) is 2. The van der Waals surface area contributed by atoms with Gasteiger partial charge in [-0.25, -0.2) is 0 Å². The van der Waals surface area contributed by atoms with Crippen LogP contribution in [0.3, 0.4) is 0 Å². The molecule has 0 saturated heterocycles. The quantitative estimate of drug-likeness (QED) is 0.672. The van der Waals surface area contributed by atoms with Crippen molar-refractivity contribution in [1.29, 1.82) is 0 Å². The zero-order valence-electron chi connectivity index (χ0n) is 14.4. The summed E-state index contributed by atoms with van der Waals surface area (Å²) in [5.41, 5.74) is 1.46. The number of amides is 1. The fourth-order valence-corrected chi connectivity index (χ4v) is 2.33. The molecule has 4 nitrogen and oxygen atoms in total. The van der Waals surface area contributed by atoms with Crippen LogP contribution in [0.25, 0.3) is 0 Å². The van der Waals surface area contributed by atoms with E-state index in [1.54, 1.807) is 48.5 Å². The fraction of sp³-hybridized carbons (Fsp3) is 0.316. The van der Waals surface area contributed by atoms with Crippen molar-refractivity contribution in [1.82, 2.24) is 5.32 Å². The van der Waals surface area contributed by atoms with Gasteiger partial charge < -0.3 is 14.8 Å². The molecule has 2 aromatic carbocycles. The molecule has 0 bridgehead atoms. The highest BCUT2D eigenvalue weighted by Gasteiger charge is 2.27. The van der Waals surface area contributed by atoms with Gasteiger partial charge in [-0.2, -0.15) is 13.2 Å². The number of carbonyl (C=O) groups excluding carboxylic acids is 1. The van der Waals surface area contributed by atoms with Gasteiger partial charge in [0.2, 0.25) is 5.91 Å². The van der Waals surface area contributed by atoms with E-state index in [0.29, 0.717) is 22.9 Å². The smallest absolute Gasteiger partial charge is 0.411 e. The summed E-state index contributed by atoms with van der Waals surface area (Å²) < 4.78 is 46.1. The molecule has 0 heterocycles. The first-order chi connectivity index (χ1) is 12.8. The lowest BCUT2D eigenvalue weighted by Gasteiger charge is -2.09. The number of hydrogen-bond donors (Lipinski definition) is 1. The zero-order valence-corrected chi connectivity index (χ0v) is 15.1. The van der Waals surface area contributed by atoms with Crippen molar-refractivity contribution in [3.63, 3.8) is 0 Å². The van der Waals surface area contributed by atoms with Gasteiger partial charge in [-0.1, -0.05) is 41.9 Å². The Morgan fingerprint density at radius 2 is 1.78 bits per heavy atom. The van der Waals surface area contributed by atoms with Gasteiger partial charge >= 0.3 is 6.18 Å². The summed E-state index contributed by atoms with van der Waals surface area (Å²) in [7, 11) is 0. The minimum absolute atomic E-state index is 0.118. The fourth-order valence-electron chi connectivity index (χ4n) is 2.15. The molecule has 0 aromatic heterocycles. The molecule has 0 aliphatic carbocycles. The molecule has 8 heteroatoms. The highest BCUT2D eigenvalue weighted by molar-refractivity contribution is 6.30. The molecule has 0 aliphatic heterocycles. The number of rotatable bonds is 9. The zero-order chi connectivity index (χ0) is 19.7. The molecular formula is C19H19ClF3NO3. The molecule has 1 N–H and O–H groups in total. The predicted molar refractivity (Wildman–Crippen MR) is 95.6 cm³/mol. The number of benzene rings is 2. The van der Waals surface area contributed by atoms with Crippen LogP contribution in [0.5, 0.6) is 5.75 Å². The molecule has 0 unspecified atom stereocenters. The van der Waals surface area contributed by atoms with E-state index in [-0.39, 0.29) is 25.5 Å². The Bertz CT molecular complexity index is 736. The summed E-state index contributed by atoms with van der Waals surface area (Å²) in [5.74, 6) is 0.424. The van der Waals surface area contributed by atoms with Crippen LogP contribution in [0.15, 0.2) is 48.5 Å². The molecule has 0 radical (unpaired) electrons. The second-order valence-corrected chi connectivity index (χ2v) is 6.19. The molecule has 146 valence electrons. The molecule has 1 amide bonds. The lowest BCUT2D eigenvalue weighted by molar-refractivity contribution is -0.176. The van der Waals surface area contributed by atoms with Crippen LogP contribution in [0.2, 0.25) is 5.02 Å². The standard InChI is InChI=1S/C19H19ClF3NO3/c20-16-2-1-3-17(10-16)27-9-8-18(25)24-11-14-4-6-15(7-5-14)12-26-13-19(21,22)23/h1-7,10H,8-9,11-13H2,(H,24,25). The van der Waals surface area contributed by atoms with Gasteiger partial charge in [0, 0.05) is 11.6 Å². The van der Waals surface area contributed by atoms with Crippen LogP contribution in [0.1, 0.15) is 17.5 Å². The predicted octanol–water partition coefficient (Wildman–Crippen LogP) is 4.50. The maximum Gasteiger partial charge on any atom is 0.411 e. The first-order valence-electron chi connectivity index (χ1n) is 8.19. The molecule has 27 heavy (non-hydrogen) atoms. The minimum atomic E-state index is -4.33. The van der Waals surface area contributed by atoms with Crippen LogP contribution in [0, 0.1) is 0 Å². The second-order valence-electron chi connectivity index (χ2n) is 5.76. The molecule has 2 rings (SSSR count). The largest absolute Gasteiger partial charge is 0.493 e. The van der Waals surface area contributed by atoms with E-state index in [2.05, 4.69) is 10.1 Å². The van der Waals surface area contributed by atoms with Crippen LogP contribution in [-0.2, 0) is 22.7 Å². The molecule has 0 aliphatic rings. The summed E-state index contributed by atoms with van der Waals surface area (Å²) in [5, 5.41) is 3.31. The van der Waals surface area contributed by atoms with Crippen LogP contribution < -0.4 is 10.1 Å². The summed E-state index contributed by atoms with van der Waals surface area (Å²) in [6.07, 6.45) is -4.14. The topological polar surface area (TPSA) is 47.6 Å². The Kier molecular flexibility index (Phi) is 7.94. The van der Waals surface area contributed by atoms with Gasteiger partial charge in [0.05, 0.1) is 19.6 Å². The van der Waals surface area contributed by atoms with Crippen molar-refractivity contribution < 1.29 is 27.4 Å². The second kappa shape index (κ2) is 10.2. The lowest BCUT2D eigenvalue weighted by atomic mass is 10.1. The third-order valence-electron chi connectivity index (χ3n) is 3.44. The third-order valence-corrected chi connectivity index (χ3v) is 3.68. The van der Waals surface area contributed by atoms with Crippen molar-refractivity contribution in [2.45, 2.75) is 25.7 Å². The maximum atomic E-state index is 12.0. The lowest BCUT2D eigenvalue weighted by Crippen LogP contribution is -2.24. The van der Waals surface area contributed by atoms with Gasteiger partial charge in [-0.05, 0) is 29.3 Å². The first-order valence-corrected chi connectivity index (χ1v) is 8.57. The van der Waals surface area contributed by atoms with E-state index < -0.39 is 12.8 Å². The number of nitrogens with one attached hydrogen (secondary N) is 1. The normalized spacial score (nSPS) is 11.3. The minimum Gasteiger partial charge on any atom is -0.493 e. The Morgan fingerprint density at radius 3 is 2.44 bits per heavy atom. The van der Waals surface area contributed by atoms with Crippen LogP contribution in [0.4, 0.5) is 13.2 Å². The highest BCUT2D eigenvalue weighted by atomic mass is 35.5. The molecule has 0 atom stereocenters. The van der Waals surface area contributed by atoms with Crippen molar-refractivity contribution >= 4 is 17.5 Å². The first kappa shape index (κ1) is 21.1. The Labute approximate surface area is 160 Å². The van der Waals surface area contributed by atoms with E-state index in [1.807, 2.05) is 0 Å². The summed E-state index contributed by atoms with van der Waals surface area (Å²) in [4.78, 5) is 11.8. The number of alkyl halides is 3. The summed E-state index contributed by atoms with van der Waals surface area (Å²) in [6.45, 7) is -0.851. The maximum absolute atomic E-state index is 12.0. The molecule has 0 fully saturated rings. The van der Waals surface area contributed by atoms with Gasteiger partial charge in [0.15, 0.2) is 0 Å². The molecule has 0 saturated carbocycles. The highest BCUT2D eigenvalue weighted by Crippen LogP contribution is 2.17. The monoisotopic (exact) mass is 401 g/mol. The van der Waals surface area contributed by atoms with Gasteiger partial charge in [0.1, 0.15) is 12.4 Å². The average molecular weight is 402 g/mol. The average Bonchev–Trinajstić information content (AvgIpc) is 2.60. The number of halogens is 4. The van der Waals surface area contributed by atoms with E-state index in [0.717, 1.165) is 5.56 Å². The SMILES string of the molecule is O=C(CCOc1cccc(Cl)c1)NCc1ccc(COCC(F)(F)F)cc1. The van der Waals surface area contributed by atoms with E-state index in [1.165, 1.54) is 0 Å². The summed E-state index contributed by atoms with van der Waals surface area (Å²) >= 11 is 5.85. The van der Waals surface area contributed by atoms with Crippen molar-refractivity contribution in [2.24, 2.45) is 0 Å². The van der Waals surface area contributed by atoms with Crippen molar-refractivity contribution in [3.8, 4) is 5.75 Å². The van der Waals surface area contributed by atoms with Gasteiger partial charge in [-0.15, -0.1) is 0 Å².